The van der Waals surface area contributed by atoms with Crippen molar-refractivity contribution in [2.75, 3.05) is 54.0 Å². The molecule has 0 saturated carbocycles. The highest BCUT2D eigenvalue weighted by Gasteiger charge is 2.42. The number of hydrogen-bond donors (Lipinski definition) is 2. The number of nitrogens with zero attached hydrogens (tertiary/aromatic N) is 7. The number of hydrogen-bond acceptors (Lipinski definition) is 11. The molecule has 4 aromatic rings. The number of cyclic esters (lactones) is 1. The van der Waals surface area contributed by atoms with Crippen LogP contribution >= 0.6 is 27.3 Å². The molecule has 4 amide bonds. The Balaban J connectivity index is 1.18. The first-order chi connectivity index (χ1) is 30.5. The van der Waals surface area contributed by atoms with Crippen molar-refractivity contribution < 1.29 is 28.7 Å². The van der Waals surface area contributed by atoms with E-state index in [9.17, 15) is 19.2 Å². The van der Waals surface area contributed by atoms with E-state index in [1.165, 1.54) is 21.2 Å². The molecule has 4 aliphatic rings. The number of aryl methyl sites for hydroxylation is 1. The summed E-state index contributed by atoms with van der Waals surface area (Å²) in [5, 5.41) is 8.20. The summed E-state index contributed by atoms with van der Waals surface area (Å²) in [5.41, 5.74) is 9.61. The van der Waals surface area contributed by atoms with Gasteiger partial charge in [0.25, 0.3) is 5.91 Å². The molecule has 4 aliphatic heterocycles. The van der Waals surface area contributed by atoms with E-state index in [0.717, 1.165) is 64.1 Å². The number of aromatic nitrogens is 3. The molecule has 344 valence electrons. The van der Waals surface area contributed by atoms with Gasteiger partial charge in [-0.2, -0.15) is 0 Å². The summed E-state index contributed by atoms with van der Waals surface area (Å²) >= 11 is 5.14. The molecule has 2 unspecified atom stereocenters. The van der Waals surface area contributed by atoms with Crippen LogP contribution in [0.25, 0.3) is 33.4 Å². The average Bonchev–Trinajstić information content (AvgIpc) is 4.01. The quantitative estimate of drug-likeness (QED) is 0.158. The van der Waals surface area contributed by atoms with Gasteiger partial charge in [0, 0.05) is 96.1 Å². The summed E-state index contributed by atoms with van der Waals surface area (Å²) in [4.78, 5) is 71.9. The van der Waals surface area contributed by atoms with Gasteiger partial charge in [0.15, 0.2) is 0 Å². The number of urea groups is 1. The van der Waals surface area contributed by atoms with E-state index in [-0.39, 0.29) is 48.5 Å². The molecule has 64 heavy (non-hydrogen) atoms. The van der Waals surface area contributed by atoms with E-state index in [0.29, 0.717) is 37.5 Å². The molecule has 0 aliphatic carbocycles. The molecule has 6 bridgehead atoms. The van der Waals surface area contributed by atoms with Crippen LogP contribution in [0.2, 0.25) is 0 Å². The van der Waals surface area contributed by atoms with Crippen LogP contribution in [0.3, 0.4) is 0 Å². The maximum Gasteiger partial charge on any atom is 0.325 e. The van der Waals surface area contributed by atoms with E-state index in [1.807, 2.05) is 45.6 Å². The van der Waals surface area contributed by atoms with E-state index in [1.54, 1.807) is 11.9 Å². The molecule has 3 aromatic heterocycles. The molecule has 17 heteroatoms. The Bertz CT molecular complexity index is 2390. The molecular weight excluding hydrogens is 899 g/mol. The summed E-state index contributed by atoms with van der Waals surface area (Å²) in [5.74, 6) is -1.58. The monoisotopic (exact) mass is 959 g/mol. The van der Waals surface area contributed by atoms with Crippen LogP contribution in [0.1, 0.15) is 76.3 Å². The maximum absolute atomic E-state index is 14.7. The molecule has 3 fully saturated rings. The first kappa shape index (κ1) is 46.1. The molecule has 0 spiro atoms. The topological polar surface area (TPSA) is 154 Å². The second-order valence-electron chi connectivity index (χ2n) is 19.1. The number of benzene rings is 1. The van der Waals surface area contributed by atoms with Gasteiger partial charge in [0.05, 0.1) is 28.7 Å². The number of halogens is 1. The van der Waals surface area contributed by atoms with Crippen molar-refractivity contribution in [1.29, 1.82) is 0 Å². The van der Waals surface area contributed by atoms with Gasteiger partial charge in [-0.1, -0.05) is 49.7 Å². The third-order valence-electron chi connectivity index (χ3n) is 13.1. The van der Waals surface area contributed by atoms with Crippen LogP contribution in [0, 0.1) is 11.3 Å². The van der Waals surface area contributed by atoms with Gasteiger partial charge in [-0.3, -0.25) is 24.4 Å². The van der Waals surface area contributed by atoms with Crippen molar-refractivity contribution in [2.45, 2.75) is 108 Å². The summed E-state index contributed by atoms with van der Waals surface area (Å²) in [6, 6.07) is 7.87. The fraction of sp³-hybridized carbons (Fsp3) is 0.574. The molecule has 5 atom stereocenters. The van der Waals surface area contributed by atoms with Crippen LogP contribution in [-0.2, 0) is 43.2 Å². The van der Waals surface area contributed by atoms with Crippen molar-refractivity contribution >= 4 is 62.0 Å². The third kappa shape index (κ3) is 9.33. The Hall–Kier alpha value is -4.42. The lowest BCUT2D eigenvalue weighted by molar-refractivity contribution is -0.155. The first-order valence-corrected chi connectivity index (χ1v) is 24.4. The van der Waals surface area contributed by atoms with Gasteiger partial charge in [-0.05, 0) is 82.4 Å². The summed E-state index contributed by atoms with van der Waals surface area (Å²) < 4.78 is 14.7. The number of pyridine rings is 1. The normalized spacial score (nSPS) is 23.5. The largest absolute Gasteiger partial charge is 0.464 e. The molecule has 8 rings (SSSR count). The Morgan fingerprint density at radius 2 is 1.91 bits per heavy atom. The minimum Gasteiger partial charge on any atom is -0.464 e. The van der Waals surface area contributed by atoms with Crippen molar-refractivity contribution in [1.82, 2.24) is 45.0 Å². The first-order valence-electron chi connectivity index (χ1n) is 22.6. The number of esters is 1. The van der Waals surface area contributed by atoms with Gasteiger partial charge in [0.2, 0.25) is 5.91 Å². The maximum atomic E-state index is 14.7. The van der Waals surface area contributed by atoms with E-state index < -0.39 is 41.3 Å². The van der Waals surface area contributed by atoms with E-state index in [4.69, 9.17) is 19.4 Å². The lowest BCUT2D eigenvalue weighted by Crippen LogP contribution is -2.65. The third-order valence-corrected chi connectivity index (χ3v) is 14.7. The van der Waals surface area contributed by atoms with Crippen LogP contribution in [0.4, 0.5) is 4.79 Å². The lowest BCUT2D eigenvalue weighted by atomic mass is 9.84. The predicted octanol–water partition coefficient (Wildman–Crippen LogP) is 6.04. The number of ether oxygens (including phenoxy) is 2. The highest BCUT2D eigenvalue weighted by atomic mass is 79.9. The van der Waals surface area contributed by atoms with E-state index >= 15 is 0 Å². The lowest BCUT2D eigenvalue weighted by Gasteiger charge is -2.45. The number of fused-ring (bicyclic) bond motifs is 6. The predicted molar refractivity (Wildman–Crippen MR) is 251 cm³/mol. The zero-order valence-electron chi connectivity index (χ0n) is 38.2. The molecule has 7 heterocycles. The molecule has 1 aromatic carbocycles. The summed E-state index contributed by atoms with van der Waals surface area (Å²) in [6.45, 7) is 13.1. The standard InChI is InChI=1S/C47H62BrN9O6S/c1-9-56-37-15-14-28-18-32(37)33(42(56)31-12-10-16-49-40(31)38-13-11-17-62-38)21-47(4,5)26-63-45(60)35-19-29(48)22-57(52-35)44(59)34(20-39-50-36(28)25-64-39)51-43(58)41(27(2)3)54(8)46(61)55-23-30(24-55)53(6)7/h10,12,14-16,18,25,27,29-30,34-35,38,41,52H,9,11,13,17,19-24,26H2,1-8H3,(H,51,58)/t29?,34-,35-,38-,41?/m0/s1. The van der Waals surface area contributed by atoms with Crippen LogP contribution in [-0.4, -0.2) is 141 Å². The van der Waals surface area contributed by atoms with Crippen molar-refractivity contribution in [3.63, 3.8) is 0 Å². The number of nitrogens with one attached hydrogen (secondary N) is 2. The second kappa shape index (κ2) is 18.8. The van der Waals surface area contributed by atoms with Crippen molar-refractivity contribution in [3.8, 4) is 22.5 Å². The molecule has 15 nitrogen and oxygen atoms in total. The zero-order chi connectivity index (χ0) is 45.6. The van der Waals surface area contributed by atoms with Crippen molar-refractivity contribution in [2.24, 2.45) is 11.3 Å². The fourth-order valence-electron chi connectivity index (χ4n) is 9.65. The number of carbonyl (C=O) groups excluding carboxylic acids is 4. The highest BCUT2D eigenvalue weighted by Crippen LogP contribution is 2.43. The Morgan fingerprint density at radius 1 is 1.12 bits per heavy atom. The van der Waals surface area contributed by atoms with Gasteiger partial charge < -0.3 is 34.1 Å². The zero-order valence-corrected chi connectivity index (χ0v) is 40.6. The summed E-state index contributed by atoms with van der Waals surface area (Å²) in [6.07, 6.45) is 4.74. The Labute approximate surface area is 388 Å². The van der Waals surface area contributed by atoms with Crippen LogP contribution in [0.15, 0.2) is 41.9 Å². The average molecular weight is 961 g/mol. The highest BCUT2D eigenvalue weighted by molar-refractivity contribution is 9.09. The number of hydrazine groups is 1. The number of carbonyl (C=O) groups is 4. The smallest absolute Gasteiger partial charge is 0.325 e. The van der Waals surface area contributed by atoms with Gasteiger partial charge in [-0.15, -0.1) is 11.3 Å². The minimum atomic E-state index is -1.06. The number of amides is 4. The van der Waals surface area contributed by atoms with Gasteiger partial charge >= 0.3 is 12.0 Å². The Morgan fingerprint density at radius 3 is 2.61 bits per heavy atom. The van der Waals surface area contributed by atoms with Crippen molar-refractivity contribution in [3.05, 3.63) is 58.2 Å². The number of thiazole rings is 1. The molecule has 2 N–H and O–H groups in total. The number of rotatable bonds is 8. The SMILES string of the molecule is CCn1c(-c2cccnc2[C@@H]2CCCO2)c2c3cc(ccc31)-c1csc(n1)C[C@H](NC(=O)C(C(C)C)N(C)C(=O)N1CC(N(C)C)C1)C(=O)N1CC(Br)C[C@H](N1)C(=O)OCC(C)(C)C2. The van der Waals surface area contributed by atoms with Gasteiger partial charge in [0.1, 0.15) is 24.2 Å². The van der Waals surface area contributed by atoms with E-state index in [2.05, 4.69) is 81.2 Å². The second-order valence-corrected chi connectivity index (χ2v) is 21.4. The van der Waals surface area contributed by atoms with Crippen LogP contribution in [0.5, 0.6) is 0 Å². The van der Waals surface area contributed by atoms with Crippen LogP contribution < -0.4 is 10.7 Å². The number of likely N-dealkylation sites (N-methyl/N-ethyl adjacent to an activating group) is 2. The number of likely N-dealkylation sites (tertiary alicyclic amines) is 1. The molecular formula is C47H62BrN9O6S. The fourth-order valence-corrected chi connectivity index (χ4v) is 11.2. The molecule has 3 saturated heterocycles. The minimum absolute atomic E-state index is 0.0913. The van der Waals surface area contributed by atoms with Gasteiger partial charge in [-0.25, -0.2) is 15.2 Å². The molecule has 0 radical (unpaired) electrons. The Kier molecular flexibility index (Phi) is 13.6. The summed E-state index contributed by atoms with van der Waals surface area (Å²) in [7, 11) is 5.62. The number of alkyl halides is 1.